The van der Waals surface area contributed by atoms with E-state index in [1.54, 1.807) is 18.2 Å². The zero-order valence-electron chi connectivity index (χ0n) is 10.5. The molecule has 19 heavy (non-hydrogen) atoms. The first-order valence-electron chi connectivity index (χ1n) is 5.70. The fraction of sp³-hybridized carbons (Fsp3) is 0.417. The number of benzene rings is 1. The van der Waals surface area contributed by atoms with E-state index in [9.17, 15) is 9.90 Å². The molecule has 1 aromatic carbocycles. The number of halogens is 2. The first kappa shape index (κ1) is 16.0. The topological polar surface area (TPSA) is 70.6 Å². The molecule has 0 aliphatic heterocycles. The zero-order chi connectivity index (χ0) is 14.3. The van der Waals surface area contributed by atoms with Crippen LogP contribution in [0.25, 0.3) is 0 Å². The molecule has 0 aromatic heterocycles. The fourth-order valence-electron chi connectivity index (χ4n) is 1.39. The number of aliphatic hydroxyl groups is 1. The number of ether oxygens (including phenoxy) is 1. The van der Waals surface area contributed by atoms with E-state index in [4.69, 9.17) is 27.9 Å². The van der Waals surface area contributed by atoms with Crippen molar-refractivity contribution in [2.24, 2.45) is 0 Å². The molecule has 0 saturated carbocycles. The van der Waals surface area contributed by atoms with Gasteiger partial charge in [0.1, 0.15) is 0 Å². The van der Waals surface area contributed by atoms with Crippen LogP contribution < -0.4 is 10.6 Å². The number of rotatable bonds is 6. The van der Waals surface area contributed by atoms with Gasteiger partial charge in [0.25, 0.3) is 0 Å². The first-order chi connectivity index (χ1) is 9.02. The molecular formula is C12H16Cl2N2O3. The molecule has 1 rings (SSSR count). The highest BCUT2D eigenvalue weighted by atomic mass is 35.5. The van der Waals surface area contributed by atoms with Crippen molar-refractivity contribution in [2.45, 2.75) is 12.5 Å². The number of methoxy groups -OCH3 is 1. The molecule has 106 valence electrons. The number of hydrogen-bond donors (Lipinski definition) is 3. The van der Waals surface area contributed by atoms with Gasteiger partial charge in [-0.1, -0.05) is 23.2 Å². The van der Waals surface area contributed by atoms with E-state index in [1.165, 1.54) is 7.11 Å². The van der Waals surface area contributed by atoms with Gasteiger partial charge in [0.2, 0.25) is 0 Å². The number of amides is 2. The number of anilines is 1. The van der Waals surface area contributed by atoms with Crippen LogP contribution in [0, 0.1) is 0 Å². The molecule has 0 fully saturated rings. The summed E-state index contributed by atoms with van der Waals surface area (Å²) in [5.41, 5.74) is 0.434. The van der Waals surface area contributed by atoms with E-state index in [-0.39, 0.29) is 6.61 Å². The Kier molecular flexibility index (Phi) is 6.94. The van der Waals surface area contributed by atoms with Gasteiger partial charge < -0.3 is 20.5 Å². The van der Waals surface area contributed by atoms with Crippen LogP contribution in [0.5, 0.6) is 0 Å². The lowest BCUT2D eigenvalue weighted by Gasteiger charge is -2.11. The van der Waals surface area contributed by atoms with Gasteiger partial charge in [-0.2, -0.15) is 0 Å². The average molecular weight is 307 g/mol. The lowest BCUT2D eigenvalue weighted by Crippen LogP contribution is -2.32. The molecular weight excluding hydrogens is 291 g/mol. The van der Waals surface area contributed by atoms with Gasteiger partial charge in [0.05, 0.1) is 23.4 Å². The smallest absolute Gasteiger partial charge is 0.319 e. The summed E-state index contributed by atoms with van der Waals surface area (Å²) >= 11 is 11.7. The SMILES string of the molecule is COCC(O)CCNC(=O)Nc1cc(Cl)ccc1Cl. The van der Waals surface area contributed by atoms with Crippen LogP contribution in [0.2, 0.25) is 10.0 Å². The molecule has 0 heterocycles. The molecule has 7 heteroatoms. The molecule has 1 atom stereocenters. The Morgan fingerprint density at radius 2 is 2.21 bits per heavy atom. The maximum atomic E-state index is 11.6. The molecule has 0 bridgehead atoms. The number of nitrogens with one attached hydrogen (secondary N) is 2. The van der Waals surface area contributed by atoms with Crippen LogP contribution >= 0.6 is 23.2 Å². The van der Waals surface area contributed by atoms with E-state index in [2.05, 4.69) is 10.6 Å². The molecule has 0 aliphatic rings. The Morgan fingerprint density at radius 1 is 1.47 bits per heavy atom. The Hall–Kier alpha value is -1.01. The quantitative estimate of drug-likeness (QED) is 0.756. The molecule has 0 spiro atoms. The lowest BCUT2D eigenvalue weighted by molar-refractivity contribution is 0.0599. The van der Waals surface area contributed by atoms with Gasteiger partial charge in [0.15, 0.2) is 0 Å². The predicted octanol–water partition coefficient (Wildman–Crippen LogP) is 2.51. The van der Waals surface area contributed by atoms with Gasteiger partial charge in [-0.15, -0.1) is 0 Å². The van der Waals surface area contributed by atoms with Crippen LogP contribution in [0.3, 0.4) is 0 Å². The summed E-state index contributed by atoms with van der Waals surface area (Å²) in [5, 5.41) is 15.5. The van der Waals surface area contributed by atoms with E-state index in [1.807, 2.05) is 0 Å². The number of aliphatic hydroxyl groups excluding tert-OH is 1. The van der Waals surface area contributed by atoms with Crippen LogP contribution in [0.15, 0.2) is 18.2 Å². The highest BCUT2D eigenvalue weighted by Crippen LogP contribution is 2.25. The third-order valence-electron chi connectivity index (χ3n) is 2.30. The van der Waals surface area contributed by atoms with E-state index < -0.39 is 12.1 Å². The standard InChI is InChI=1S/C12H16Cl2N2O3/c1-19-7-9(17)4-5-15-12(18)16-11-6-8(13)2-3-10(11)14/h2-3,6,9,17H,4-5,7H2,1H3,(H2,15,16,18). The van der Waals surface area contributed by atoms with Gasteiger partial charge in [0, 0.05) is 18.7 Å². The summed E-state index contributed by atoms with van der Waals surface area (Å²) in [4.78, 5) is 11.6. The summed E-state index contributed by atoms with van der Waals surface area (Å²) in [6.07, 6.45) is -0.190. The monoisotopic (exact) mass is 306 g/mol. The molecule has 1 aromatic rings. The highest BCUT2D eigenvalue weighted by molar-refractivity contribution is 6.35. The molecule has 0 radical (unpaired) electrons. The van der Waals surface area contributed by atoms with Crippen molar-refractivity contribution in [1.29, 1.82) is 0 Å². The second-order valence-corrected chi connectivity index (χ2v) is 4.75. The predicted molar refractivity (Wildman–Crippen MR) is 76.0 cm³/mol. The normalized spacial score (nSPS) is 12.0. The van der Waals surface area contributed by atoms with Crippen molar-refractivity contribution >= 4 is 34.9 Å². The third kappa shape index (κ3) is 6.11. The van der Waals surface area contributed by atoms with Gasteiger partial charge in [-0.3, -0.25) is 0 Å². The third-order valence-corrected chi connectivity index (χ3v) is 2.86. The highest BCUT2D eigenvalue weighted by Gasteiger charge is 2.07. The minimum Gasteiger partial charge on any atom is -0.391 e. The Bertz CT molecular complexity index is 429. The molecule has 2 amide bonds. The van der Waals surface area contributed by atoms with E-state index in [0.717, 1.165) is 0 Å². The Labute approximate surface area is 121 Å². The maximum Gasteiger partial charge on any atom is 0.319 e. The summed E-state index contributed by atoms with van der Waals surface area (Å²) in [5.74, 6) is 0. The van der Waals surface area contributed by atoms with Crippen LogP contribution in [-0.2, 0) is 4.74 Å². The Morgan fingerprint density at radius 3 is 2.89 bits per heavy atom. The van der Waals surface area contributed by atoms with E-state index in [0.29, 0.717) is 28.7 Å². The maximum absolute atomic E-state index is 11.6. The second-order valence-electron chi connectivity index (χ2n) is 3.90. The van der Waals surface area contributed by atoms with Gasteiger partial charge in [-0.05, 0) is 24.6 Å². The molecule has 3 N–H and O–H groups in total. The van der Waals surface area contributed by atoms with Crippen molar-refractivity contribution in [3.63, 3.8) is 0 Å². The van der Waals surface area contributed by atoms with Crippen molar-refractivity contribution < 1.29 is 14.6 Å². The lowest BCUT2D eigenvalue weighted by atomic mass is 10.3. The fourth-order valence-corrected chi connectivity index (χ4v) is 1.72. The largest absolute Gasteiger partial charge is 0.391 e. The number of carbonyl (C=O) groups excluding carboxylic acids is 1. The Balaban J connectivity index is 2.37. The van der Waals surface area contributed by atoms with Gasteiger partial charge >= 0.3 is 6.03 Å². The minimum absolute atomic E-state index is 0.240. The van der Waals surface area contributed by atoms with Crippen molar-refractivity contribution in [3.05, 3.63) is 28.2 Å². The molecule has 0 aliphatic carbocycles. The molecule has 5 nitrogen and oxygen atoms in total. The van der Waals surface area contributed by atoms with Crippen molar-refractivity contribution in [3.8, 4) is 0 Å². The summed E-state index contributed by atoms with van der Waals surface area (Å²) < 4.78 is 4.78. The molecule has 1 unspecified atom stereocenters. The zero-order valence-corrected chi connectivity index (χ0v) is 12.0. The number of urea groups is 1. The summed E-state index contributed by atoms with van der Waals surface area (Å²) in [6, 6.07) is 4.38. The van der Waals surface area contributed by atoms with Crippen LogP contribution in [0.4, 0.5) is 10.5 Å². The van der Waals surface area contributed by atoms with Gasteiger partial charge in [-0.25, -0.2) is 4.79 Å². The first-order valence-corrected chi connectivity index (χ1v) is 6.45. The van der Waals surface area contributed by atoms with Crippen molar-refractivity contribution in [2.75, 3.05) is 25.6 Å². The summed E-state index contributed by atoms with van der Waals surface area (Å²) in [6.45, 7) is 0.567. The summed E-state index contributed by atoms with van der Waals surface area (Å²) in [7, 11) is 1.50. The number of carbonyl (C=O) groups is 1. The number of hydrogen-bond acceptors (Lipinski definition) is 3. The average Bonchev–Trinajstić information content (AvgIpc) is 2.34. The van der Waals surface area contributed by atoms with Crippen LogP contribution in [0.1, 0.15) is 6.42 Å². The van der Waals surface area contributed by atoms with E-state index >= 15 is 0 Å². The molecule has 0 saturated heterocycles. The van der Waals surface area contributed by atoms with Crippen LogP contribution in [-0.4, -0.2) is 37.5 Å². The second kappa shape index (κ2) is 8.22. The van der Waals surface area contributed by atoms with Crippen molar-refractivity contribution in [1.82, 2.24) is 5.32 Å². The minimum atomic E-state index is -0.597.